The Bertz CT molecular complexity index is 1100. The maximum absolute atomic E-state index is 13.1. The number of carbonyl (C=O) groups is 1. The van der Waals surface area contributed by atoms with Gasteiger partial charge in [-0.2, -0.15) is 15.5 Å². The monoisotopic (exact) mass is 391 g/mol. The molecule has 1 aromatic heterocycles. The number of aryl methyl sites for hydroxylation is 1. The second-order valence-corrected chi connectivity index (χ2v) is 6.16. The van der Waals surface area contributed by atoms with Crippen molar-refractivity contribution in [1.82, 2.24) is 15.2 Å². The number of para-hydroxylation sites is 1. The number of nitrogens with zero attached hydrogens (tertiary/aromatic N) is 4. The summed E-state index contributed by atoms with van der Waals surface area (Å²) >= 11 is 0. The van der Waals surface area contributed by atoms with Gasteiger partial charge in [0.05, 0.1) is 28.9 Å². The average Bonchev–Trinajstić information content (AvgIpc) is 3.01. The van der Waals surface area contributed by atoms with Crippen LogP contribution in [0.5, 0.6) is 5.75 Å². The third-order valence-corrected chi connectivity index (χ3v) is 4.17. The van der Waals surface area contributed by atoms with E-state index in [1.165, 1.54) is 18.3 Å². The van der Waals surface area contributed by atoms with Gasteiger partial charge in [-0.1, -0.05) is 12.1 Å². The van der Waals surface area contributed by atoms with E-state index in [2.05, 4.69) is 15.6 Å². The van der Waals surface area contributed by atoms with Crippen molar-refractivity contribution in [2.45, 2.75) is 13.8 Å². The molecule has 0 aliphatic heterocycles. The van der Waals surface area contributed by atoms with E-state index in [4.69, 9.17) is 10.00 Å². The minimum Gasteiger partial charge on any atom is -0.482 e. The number of carbonyl (C=O) groups excluding carboxylic acids is 1. The molecule has 3 rings (SSSR count). The van der Waals surface area contributed by atoms with E-state index in [1.54, 1.807) is 41.1 Å². The van der Waals surface area contributed by atoms with Crippen molar-refractivity contribution in [3.05, 3.63) is 76.9 Å². The maximum atomic E-state index is 13.1. The Morgan fingerprint density at radius 1 is 1.28 bits per heavy atom. The summed E-state index contributed by atoms with van der Waals surface area (Å²) in [6, 6.07) is 14.7. The Kier molecular flexibility index (Phi) is 6.00. The zero-order chi connectivity index (χ0) is 20.8. The minimum atomic E-state index is -0.463. The first-order valence-corrected chi connectivity index (χ1v) is 8.75. The van der Waals surface area contributed by atoms with Crippen molar-refractivity contribution in [3.63, 3.8) is 0 Å². The van der Waals surface area contributed by atoms with Crippen LogP contribution in [0.1, 0.15) is 22.5 Å². The van der Waals surface area contributed by atoms with Gasteiger partial charge in [-0.3, -0.25) is 4.79 Å². The number of ether oxygens (including phenoxy) is 1. The molecule has 0 atom stereocenters. The lowest BCUT2D eigenvalue weighted by molar-refractivity contribution is -0.123. The molecule has 29 heavy (non-hydrogen) atoms. The molecule has 8 heteroatoms. The number of rotatable bonds is 6. The molecular formula is C21H18FN5O2. The van der Waals surface area contributed by atoms with Crippen molar-refractivity contribution in [2.24, 2.45) is 5.10 Å². The van der Waals surface area contributed by atoms with Crippen LogP contribution in [0.2, 0.25) is 0 Å². The highest BCUT2D eigenvalue weighted by molar-refractivity contribution is 5.85. The average molecular weight is 391 g/mol. The van der Waals surface area contributed by atoms with Gasteiger partial charge in [0.2, 0.25) is 0 Å². The lowest BCUT2D eigenvalue weighted by Crippen LogP contribution is -2.24. The molecule has 0 spiro atoms. The molecule has 0 bridgehead atoms. The first kappa shape index (κ1) is 19.8. The van der Waals surface area contributed by atoms with Crippen molar-refractivity contribution in [3.8, 4) is 17.5 Å². The lowest BCUT2D eigenvalue weighted by Gasteiger charge is -2.06. The van der Waals surface area contributed by atoms with Gasteiger partial charge in [-0.15, -0.1) is 0 Å². The first-order chi connectivity index (χ1) is 14.0. The fraction of sp³-hybridized carbons (Fsp3) is 0.143. The number of amides is 1. The number of aromatic nitrogens is 2. The molecule has 0 unspecified atom stereocenters. The summed E-state index contributed by atoms with van der Waals surface area (Å²) in [6.07, 6.45) is 1.50. The van der Waals surface area contributed by atoms with Gasteiger partial charge in [-0.05, 0) is 50.2 Å². The van der Waals surface area contributed by atoms with Gasteiger partial charge in [0, 0.05) is 5.56 Å². The van der Waals surface area contributed by atoms with Crippen LogP contribution in [0.3, 0.4) is 0 Å². The zero-order valence-electron chi connectivity index (χ0n) is 15.9. The topological polar surface area (TPSA) is 92.3 Å². The predicted molar refractivity (Wildman–Crippen MR) is 105 cm³/mol. The SMILES string of the molecule is Cc1nn(-c2ccc(F)cc2)c(C)c1/C=N\NC(=O)COc1ccccc1C#N. The smallest absolute Gasteiger partial charge is 0.277 e. The quantitative estimate of drug-likeness (QED) is 0.516. The number of nitriles is 1. The molecule has 0 fully saturated rings. The van der Waals surface area contributed by atoms with E-state index in [-0.39, 0.29) is 12.4 Å². The third-order valence-electron chi connectivity index (χ3n) is 4.17. The van der Waals surface area contributed by atoms with Gasteiger partial charge in [0.25, 0.3) is 5.91 Å². The first-order valence-electron chi connectivity index (χ1n) is 8.75. The molecule has 0 radical (unpaired) electrons. The van der Waals surface area contributed by atoms with Crippen LogP contribution in [0, 0.1) is 31.0 Å². The summed E-state index contributed by atoms with van der Waals surface area (Å²) in [5.74, 6) is -0.448. The zero-order valence-corrected chi connectivity index (χ0v) is 15.9. The Hall–Kier alpha value is -3.99. The number of halogens is 1. The van der Waals surface area contributed by atoms with E-state index < -0.39 is 5.91 Å². The molecule has 1 amide bonds. The predicted octanol–water partition coefficient (Wildman–Crippen LogP) is 3.03. The minimum absolute atomic E-state index is 0.275. The molecule has 7 nitrogen and oxygen atoms in total. The largest absolute Gasteiger partial charge is 0.482 e. The standard InChI is InChI=1S/C21H18FN5O2/c1-14-19(15(2)27(26-14)18-9-7-17(22)8-10-18)12-24-25-21(28)13-29-20-6-4-3-5-16(20)11-23/h3-10,12H,13H2,1-2H3,(H,25,28)/b24-12-. The Morgan fingerprint density at radius 3 is 2.72 bits per heavy atom. The van der Waals surface area contributed by atoms with E-state index in [1.807, 2.05) is 19.9 Å². The Morgan fingerprint density at radius 2 is 2.00 bits per heavy atom. The van der Waals surface area contributed by atoms with Gasteiger partial charge < -0.3 is 4.74 Å². The van der Waals surface area contributed by atoms with Crippen molar-refractivity contribution >= 4 is 12.1 Å². The van der Waals surface area contributed by atoms with Crippen LogP contribution in [-0.2, 0) is 4.79 Å². The molecular weight excluding hydrogens is 373 g/mol. The maximum Gasteiger partial charge on any atom is 0.277 e. The fourth-order valence-corrected chi connectivity index (χ4v) is 2.70. The molecule has 0 saturated carbocycles. The van der Waals surface area contributed by atoms with Crippen LogP contribution in [0.25, 0.3) is 5.69 Å². The van der Waals surface area contributed by atoms with E-state index in [0.717, 1.165) is 16.9 Å². The number of hydrazone groups is 1. The van der Waals surface area contributed by atoms with Gasteiger partial charge >= 0.3 is 0 Å². The number of hydrogen-bond donors (Lipinski definition) is 1. The normalized spacial score (nSPS) is 10.7. The van der Waals surface area contributed by atoms with E-state index in [9.17, 15) is 9.18 Å². The Balaban J connectivity index is 1.64. The number of hydrogen-bond acceptors (Lipinski definition) is 5. The fourth-order valence-electron chi connectivity index (χ4n) is 2.70. The molecule has 0 saturated heterocycles. The van der Waals surface area contributed by atoms with Gasteiger partial charge in [0.15, 0.2) is 6.61 Å². The van der Waals surface area contributed by atoms with Crippen LogP contribution < -0.4 is 10.2 Å². The highest BCUT2D eigenvalue weighted by atomic mass is 19.1. The molecule has 0 aliphatic rings. The van der Waals surface area contributed by atoms with Crippen molar-refractivity contribution in [2.75, 3.05) is 6.61 Å². The lowest BCUT2D eigenvalue weighted by atomic mass is 10.2. The third kappa shape index (κ3) is 4.65. The van der Waals surface area contributed by atoms with E-state index >= 15 is 0 Å². The molecule has 3 aromatic rings. The van der Waals surface area contributed by atoms with Crippen LogP contribution >= 0.6 is 0 Å². The number of nitrogens with one attached hydrogen (secondary N) is 1. The summed E-state index contributed by atoms with van der Waals surface area (Å²) in [5, 5.41) is 17.4. The van der Waals surface area contributed by atoms with Crippen LogP contribution in [0.4, 0.5) is 4.39 Å². The summed E-state index contributed by atoms with van der Waals surface area (Å²) < 4.78 is 20.2. The summed E-state index contributed by atoms with van der Waals surface area (Å²) in [6.45, 7) is 3.40. The summed E-state index contributed by atoms with van der Waals surface area (Å²) in [5.41, 5.74) is 5.71. The van der Waals surface area contributed by atoms with Crippen LogP contribution in [0.15, 0.2) is 53.6 Å². The highest BCUT2D eigenvalue weighted by Crippen LogP contribution is 2.17. The second-order valence-electron chi connectivity index (χ2n) is 6.16. The Labute approximate surface area is 167 Å². The van der Waals surface area contributed by atoms with Crippen LogP contribution in [-0.4, -0.2) is 28.5 Å². The van der Waals surface area contributed by atoms with Gasteiger partial charge in [0.1, 0.15) is 17.6 Å². The molecule has 1 N–H and O–H groups in total. The highest BCUT2D eigenvalue weighted by Gasteiger charge is 2.12. The number of benzene rings is 2. The summed E-state index contributed by atoms with van der Waals surface area (Å²) in [7, 11) is 0. The van der Waals surface area contributed by atoms with Crippen molar-refractivity contribution < 1.29 is 13.9 Å². The van der Waals surface area contributed by atoms with Crippen molar-refractivity contribution in [1.29, 1.82) is 5.26 Å². The van der Waals surface area contributed by atoms with E-state index in [0.29, 0.717) is 17.0 Å². The molecule has 2 aromatic carbocycles. The molecule has 1 heterocycles. The molecule has 146 valence electrons. The second kappa shape index (κ2) is 8.80. The van der Waals surface area contributed by atoms with Gasteiger partial charge in [-0.25, -0.2) is 14.5 Å². The summed E-state index contributed by atoms with van der Waals surface area (Å²) in [4.78, 5) is 11.9. The molecule has 0 aliphatic carbocycles.